The molecule has 0 saturated heterocycles. The maximum atomic E-state index is 12.5. The molecule has 0 amide bonds. The average Bonchev–Trinajstić information content (AvgIpc) is 2.77. The summed E-state index contributed by atoms with van der Waals surface area (Å²) in [6.45, 7) is 5.82. The van der Waals surface area contributed by atoms with Crippen molar-refractivity contribution in [2.75, 3.05) is 26.4 Å². The number of hydrogen-bond donors (Lipinski definition) is 0. The lowest BCUT2D eigenvalue weighted by Gasteiger charge is -2.12. The number of rotatable bonds is 10. The van der Waals surface area contributed by atoms with Crippen LogP contribution < -0.4 is 0 Å². The highest BCUT2D eigenvalue weighted by molar-refractivity contribution is 6.07. The summed E-state index contributed by atoms with van der Waals surface area (Å²) in [5.41, 5.74) is -0.00586. The first-order valence-electron chi connectivity index (χ1n) is 8.91. The van der Waals surface area contributed by atoms with E-state index < -0.39 is 23.9 Å². The van der Waals surface area contributed by atoms with Crippen molar-refractivity contribution >= 4 is 34.6 Å². The van der Waals surface area contributed by atoms with Crippen LogP contribution in [-0.4, -0.2) is 50.3 Å². The summed E-state index contributed by atoms with van der Waals surface area (Å²) in [7, 11) is 0. The molecule has 0 heterocycles. The molecule has 0 aliphatic rings. The van der Waals surface area contributed by atoms with Gasteiger partial charge in [-0.15, -0.1) is 0 Å². The van der Waals surface area contributed by atoms with Crippen LogP contribution in [0.2, 0.25) is 0 Å². The van der Waals surface area contributed by atoms with Crippen LogP contribution in [0.5, 0.6) is 0 Å². The second-order valence-corrected chi connectivity index (χ2v) is 5.76. The number of ether oxygens (including phenoxy) is 4. The summed E-state index contributed by atoms with van der Waals surface area (Å²) in [4.78, 5) is 47.1. The Hall–Kier alpha value is -3.94. The number of hydrogen-bond acceptors (Lipinski definition) is 8. The molecular weight excluding hydrogens is 392 g/mol. The summed E-state index contributed by atoms with van der Waals surface area (Å²) in [5, 5.41) is 1.44. The lowest BCUT2D eigenvalue weighted by Crippen LogP contribution is -2.18. The van der Waals surface area contributed by atoms with Gasteiger partial charge in [0.05, 0.1) is 11.1 Å². The predicted octanol–water partition coefficient (Wildman–Crippen LogP) is 2.61. The second-order valence-electron chi connectivity index (χ2n) is 5.76. The molecule has 156 valence electrons. The van der Waals surface area contributed by atoms with Crippen LogP contribution in [0.15, 0.2) is 61.7 Å². The first kappa shape index (κ1) is 22.4. The Kier molecular flexibility index (Phi) is 8.31. The Morgan fingerprint density at radius 2 is 1.03 bits per heavy atom. The van der Waals surface area contributed by atoms with Crippen LogP contribution in [0.1, 0.15) is 20.7 Å². The maximum Gasteiger partial charge on any atom is 0.339 e. The smallest absolute Gasteiger partial charge is 0.339 e. The summed E-state index contributed by atoms with van der Waals surface area (Å²) in [5.74, 6) is -2.84. The molecule has 8 nitrogen and oxygen atoms in total. The standard InChI is InChI=1S/C22H20O8/c1-3-19(23)27-9-11-29-21(25)17-13-15-7-5-6-8-16(15)14-18(17)22(26)30-12-10-28-20(24)4-2/h3-8,13-14H,1-2,9-12H2. The van der Waals surface area contributed by atoms with Gasteiger partial charge in [-0.1, -0.05) is 37.4 Å². The molecule has 2 aromatic carbocycles. The van der Waals surface area contributed by atoms with E-state index in [9.17, 15) is 19.2 Å². The van der Waals surface area contributed by atoms with E-state index in [2.05, 4.69) is 13.2 Å². The molecule has 2 aromatic rings. The molecule has 0 unspecified atom stereocenters. The van der Waals surface area contributed by atoms with Gasteiger partial charge in [0.1, 0.15) is 26.4 Å². The van der Waals surface area contributed by atoms with E-state index in [-0.39, 0.29) is 37.6 Å². The minimum Gasteiger partial charge on any atom is -0.459 e. The van der Waals surface area contributed by atoms with E-state index in [1.54, 1.807) is 24.3 Å². The van der Waals surface area contributed by atoms with E-state index in [4.69, 9.17) is 18.9 Å². The molecule has 0 aliphatic carbocycles. The van der Waals surface area contributed by atoms with Crippen molar-refractivity contribution in [3.05, 3.63) is 72.8 Å². The van der Waals surface area contributed by atoms with Crippen LogP contribution in [0.25, 0.3) is 10.8 Å². The van der Waals surface area contributed by atoms with Crippen molar-refractivity contribution in [1.29, 1.82) is 0 Å². The zero-order valence-electron chi connectivity index (χ0n) is 16.1. The minimum absolute atomic E-state index is 0.00293. The molecule has 0 bridgehead atoms. The molecular formula is C22H20O8. The molecule has 0 aliphatic heterocycles. The number of esters is 4. The zero-order valence-corrected chi connectivity index (χ0v) is 16.1. The van der Waals surface area contributed by atoms with Crippen molar-refractivity contribution in [1.82, 2.24) is 0 Å². The van der Waals surface area contributed by atoms with Gasteiger partial charge in [0, 0.05) is 12.2 Å². The van der Waals surface area contributed by atoms with E-state index in [0.717, 1.165) is 22.9 Å². The summed E-state index contributed by atoms with van der Waals surface area (Å²) in [6.07, 6.45) is 1.98. The highest BCUT2D eigenvalue weighted by atomic mass is 16.6. The van der Waals surface area contributed by atoms with Crippen molar-refractivity contribution in [2.24, 2.45) is 0 Å². The van der Waals surface area contributed by atoms with Gasteiger partial charge in [-0.05, 0) is 22.9 Å². The van der Waals surface area contributed by atoms with Gasteiger partial charge >= 0.3 is 23.9 Å². The summed E-state index contributed by atoms with van der Waals surface area (Å²) in [6, 6.07) is 10.2. The van der Waals surface area contributed by atoms with Gasteiger partial charge in [-0.25, -0.2) is 19.2 Å². The first-order chi connectivity index (χ1) is 14.5. The van der Waals surface area contributed by atoms with Crippen molar-refractivity contribution in [2.45, 2.75) is 0 Å². The number of carbonyl (C=O) groups excluding carboxylic acids is 4. The van der Waals surface area contributed by atoms with Gasteiger partial charge in [0.2, 0.25) is 0 Å². The van der Waals surface area contributed by atoms with Gasteiger partial charge < -0.3 is 18.9 Å². The second kappa shape index (κ2) is 11.2. The minimum atomic E-state index is -0.777. The Morgan fingerprint density at radius 3 is 1.40 bits per heavy atom. The molecule has 0 N–H and O–H groups in total. The lowest BCUT2D eigenvalue weighted by atomic mass is 10.0. The highest BCUT2D eigenvalue weighted by Gasteiger charge is 2.21. The van der Waals surface area contributed by atoms with Crippen molar-refractivity contribution in [3.63, 3.8) is 0 Å². The largest absolute Gasteiger partial charge is 0.459 e. The Labute approximate surface area is 172 Å². The topological polar surface area (TPSA) is 105 Å². The van der Waals surface area contributed by atoms with Gasteiger partial charge in [0.15, 0.2) is 0 Å². The third-order valence-corrected chi connectivity index (χ3v) is 3.78. The molecule has 0 atom stereocenters. The molecule has 0 saturated carbocycles. The predicted molar refractivity (Wildman–Crippen MR) is 107 cm³/mol. The zero-order chi connectivity index (χ0) is 21.9. The fourth-order valence-corrected chi connectivity index (χ4v) is 2.40. The SMILES string of the molecule is C=CC(=O)OCCOC(=O)c1cc2ccccc2cc1C(=O)OCCOC(=O)C=C. The van der Waals surface area contributed by atoms with Crippen molar-refractivity contribution in [3.8, 4) is 0 Å². The Balaban J connectivity index is 2.13. The van der Waals surface area contributed by atoms with Crippen LogP contribution in [0, 0.1) is 0 Å². The first-order valence-corrected chi connectivity index (χ1v) is 8.91. The summed E-state index contributed by atoms with van der Waals surface area (Å²) < 4.78 is 19.7. The Morgan fingerprint density at radius 1 is 0.667 bits per heavy atom. The number of fused-ring (bicyclic) bond motifs is 1. The molecule has 2 rings (SSSR count). The van der Waals surface area contributed by atoms with Gasteiger partial charge in [0.25, 0.3) is 0 Å². The molecule has 0 fully saturated rings. The van der Waals surface area contributed by atoms with E-state index in [0.29, 0.717) is 0 Å². The van der Waals surface area contributed by atoms with Crippen LogP contribution in [-0.2, 0) is 28.5 Å². The molecule has 30 heavy (non-hydrogen) atoms. The Bertz CT molecular complexity index is 898. The lowest BCUT2D eigenvalue weighted by molar-refractivity contribution is -0.139. The van der Waals surface area contributed by atoms with Gasteiger partial charge in [-0.3, -0.25) is 0 Å². The normalized spacial score (nSPS) is 10.0. The van der Waals surface area contributed by atoms with Crippen LogP contribution >= 0.6 is 0 Å². The number of carbonyl (C=O) groups is 4. The monoisotopic (exact) mass is 412 g/mol. The molecule has 0 spiro atoms. The van der Waals surface area contributed by atoms with Crippen LogP contribution in [0.3, 0.4) is 0 Å². The fourth-order valence-electron chi connectivity index (χ4n) is 2.40. The van der Waals surface area contributed by atoms with Crippen molar-refractivity contribution < 1.29 is 38.1 Å². The highest BCUT2D eigenvalue weighted by Crippen LogP contribution is 2.22. The average molecular weight is 412 g/mol. The van der Waals surface area contributed by atoms with Crippen LogP contribution in [0.4, 0.5) is 0 Å². The fraction of sp³-hybridized carbons (Fsp3) is 0.182. The van der Waals surface area contributed by atoms with E-state index >= 15 is 0 Å². The maximum absolute atomic E-state index is 12.5. The van der Waals surface area contributed by atoms with E-state index in [1.165, 1.54) is 12.1 Å². The molecule has 0 aromatic heterocycles. The molecule has 8 heteroatoms. The van der Waals surface area contributed by atoms with Gasteiger partial charge in [-0.2, -0.15) is 0 Å². The third-order valence-electron chi connectivity index (χ3n) is 3.78. The number of benzene rings is 2. The quantitative estimate of drug-likeness (QED) is 0.254. The molecule has 0 radical (unpaired) electrons. The third kappa shape index (κ3) is 6.30. The van der Waals surface area contributed by atoms with E-state index in [1.807, 2.05) is 0 Å². The summed E-state index contributed by atoms with van der Waals surface area (Å²) >= 11 is 0.